The van der Waals surface area contributed by atoms with E-state index >= 15 is 0 Å². The molecule has 0 spiro atoms. The number of fused-ring (bicyclic) bond motifs is 1. The van der Waals surface area contributed by atoms with Gasteiger partial charge in [-0.15, -0.1) is 10.2 Å². The predicted octanol–water partition coefficient (Wildman–Crippen LogP) is 2.86. The van der Waals surface area contributed by atoms with Gasteiger partial charge in [0.05, 0.1) is 11.2 Å². The lowest BCUT2D eigenvalue weighted by molar-refractivity contribution is -0.0235. The van der Waals surface area contributed by atoms with Crippen molar-refractivity contribution in [3.63, 3.8) is 0 Å². The first kappa shape index (κ1) is 15.7. The predicted molar refractivity (Wildman–Crippen MR) is 91.7 cm³/mol. The summed E-state index contributed by atoms with van der Waals surface area (Å²) in [6, 6.07) is 5.93. The third-order valence-electron chi connectivity index (χ3n) is 4.52. The summed E-state index contributed by atoms with van der Waals surface area (Å²) < 4.78 is 14.2. The summed E-state index contributed by atoms with van der Waals surface area (Å²) in [5.74, 6) is -0.227. The lowest BCUT2D eigenvalue weighted by Gasteiger charge is -2.41. The quantitative estimate of drug-likeness (QED) is 0.679. The molecule has 1 aromatic carbocycles. The largest absolute Gasteiger partial charge is 0.507 e. The molecule has 1 saturated carbocycles. The van der Waals surface area contributed by atoms with Crippen molar-refractivity contribution in [2.45, 2.75) is 31.4 Å². The zero-order chi connectivity index (χ0) is 17.6. The van der Waals surface area contributed by atoms with Crippen molar-refractivity contribution in [2.75, 3.05) is 5.32 Å². The molecule has 0 unspecified atom stereocenters. The Morgan fingerprint density at radius 1 is 1.20 bits per heavy atom. The van der Waals surface area contributed by atoms with E-state index in [4.69, 9.17) is 0 Å². The van der Waals surface area contributed by atoms with Gasteiger partial charge in [-0.2, -0.15) is 0 Å². The average Bonchev–Trinajstić information content (AvgIpc) is 2.54. The van der Waals surface area contributed by atoms with Crippen LogP contribution in [0.15, 0.2) is 36.7 Å². The summed E-state index contributed by atoms with van der Waals surface area (Å²) in [6.07, 6.45) is 4.45. The molecule has 2 aromatic heterocycles. The number of aromatic hydroxyl groups is 1. The first-order chi connectivity index (χ1) is 11.9. The van der Waals surface area contributed by atoms with Crippen LogP contribution >= 0.6 is 0 Å². The molecule has 25 heavy (non-hydrogen) atoms. The van der Waals surface area contributed by atoms with Crippen LogP contribution in [0.2, 0.25) is 0 Å². The Balaban J connectivity index is 1.80. The number of benzene rings is 1. The summed E-state index contributed by atoms with van der Waals surface area (Å²) in [5, 5.41) is 32.8. The number of anilines is 1. The Labute approximate surface area is 143 Å². The normalized spacial score (nSPS) is 22.6. The number of hydrogen-bond acceptors (Lipinski definition) is 6. The van der Waals surface area contributed by atoms with E-state index in [9.17, 15) is 14.6 Å². The monoisotopic (exact) mass is 340 g/mol. The fourth-order valence-electron chi connectivity index (χ4n) is 3.33. The van der Waals surface area contributed by atoms with Crippen LogP contribution in [0.5, 0.6) is 5.75 Å². The number of halogens is 1. The van der Waals surface area contributed by atoms with Gasteiger partial charge >= 0.3 is 0 Å². The van der Waals surface area contributed by atoms with Gasteiger partial charge in [-0.1, -0.05) is 6.07 Å². The third kappa shape index (κ3) is 2.76. The molecular weight excluding hydrogens is 323 g/mol. The first-order valence-electron chi connectivity index (χ1n) is 8.02. The Hall–Kier alpha value is -2.80. The number of rotatable bonds is 3. The summed E-state index contributed by atoms with van der Waals surface area (Å²) >= 11 is 0. The molecule has 0 bridgehead atoms. The minimum absolute atomic E-state index is 0.0179. The van der Waals surface area contributed by atoms with Gasteiger partial charge in [-0.3, -0.25) is 4.98 Å². The molecule has 0 amide bonds. The van der Waals surface area contributed by atoms with Gasteiger partial charge in [0.1, 0.15) is 17.3 Å². The van der Waals surface area contributed by atoms with Crippen LogP contribution in [0.3, 0.4) is 0 Å². The highest BCUT2D eigenvalue weighted by molar-refractivity contribution is 6.00. The zero-order valence-electron chi connectivity index (χ0n) is 13.6. The number of aromatic nitrogens is 3. The molecule has 3 aromatic rings. The Bertz CT molecular complexity index is 933. The van der Waals surface area contributed by atoms with Gasteiger partial charge in [0.25, 0.3) is 0 Å². The number of aliphatic hydroxyl groups is 1. The highest BCUT2D eigenvalue weighted by Crippen LogP contribution is 2.38. The Morgan fingerprint density at radius 3 is 2.72 bits per heavy atom. The van der Waals surface area contributed by atoms with Crippen molar-refractivity contribution in [3.8, 4) is 17.0 Å². The number of pyridine rings is 1. The van der Waals surface area contributed by atoms with Crippen LogP contribution in [0.1, 0.15) is 19.8 Å². The topological polar surface area (TPSA) is 91.2 Å². The molecule has 1 aliphatic rings. The summed E-state index contributed by atoms with van der Waals surface area (Å²) in [5.41, 5.74) is -0.374. The number of nitrogens with zero attached hydrogens (tertiary/aromatic N) is 3. The molecule has 0 radical (unpaired) electrons. The smallest absolute Gasteiger partial charge is 0.158 e. The molecule has 3 N–H and O–H groups in total. The second-order valence-corrected chi connectivity index (χ2v) is 6.70. The van der Waals surface area contributed by atoms with E-state index in [1.54, 1.807) is 25.4 Å². The Kier molecular flexibility index (Phi) is 3.54. The van der Waals surface area contributed by atoms with E-state index in [2.05, 4.69) is 20.5 Å². The van der Waals surface area contributed by atoms with Gasteiger partial charge in [0.2, 0.25) is 0 Å². The lowest BCUT2D eigenvalue weighted by Crippen LogP contribution is -2.48. The summed E-state index contributed by atoms with van der Waals surface area (Å²) in [4.78, 5) is 4.12. The highest BCUT2D eigenvalue weighted by atomic mass is 19.1. The van der Waals surface area contributed by atoms with Gasteiger partial charge in [-0.25, -0.2) is 4.39 Å². The SMILES string of the molecule is C[C@]1(O)C[C@@H](Nc2nnc(-c3c(O)cccc3F)c3ccncc23)C1. The number of phenols is 1. The zero-order valence-corrected chi connectivity index (χ0v) is 13.6. The summed E-state index contributed by atoms with van der Waals surface area (Å²) in [6.45, 7) is 1.79. The van der Waals surface area contributed by atoms with Crippen molar-refractivity contribution in [1.29, 1.82) is 0 Å². The Morgan fingerprint density at radius 2 is 2.00 bits per heavy atom. The summed E-state index contributed by atoms with van der Waals surface area (Å²) in [7, 11) is 0. The van der Waals surface area contributed by atoms with Gasteiger partial charge < -0.3 is 15.5 Å². The maximum Gasteiger partial charge on any atom is 0.158 e. The first-order valence-corrected chi connectivity index (χ1v) is 8.02. The van der Waals surface area contributed by atoms with Crippen LogP contribution in [0, 0.1) is 5.82 Å². The number of phenolic OH excluding ortho intramolecular Hbond substituents is 1. The molecule has 7 heteroatoms. The van der Waals surface area contributed by atoms with E-state index < -0.39 is 11.4 Å². The average molecular weight is 340 g/mol. The van der Waals surface area contributed by atoms with Crippen molar-refractivity contribution in [3.05, 3.63) is 42.5 Å². The number of nitrogens with one attached hydrogen (secondary N) is 1. The second kappa shape index (κ2) is 5.63. The molecule has 1 aliphatic carbocycles. The van der Waals surface area contributed by atoms with Gasteiger partial charge in [-0.05, 0) is 38.0 Å². The van der Waals surface area contributed by atoms with Crippen molar-refractivity contribution in [1.82, 2.24) is 15.2 Å². The van der Waals surface area contributed by atoms with E-state index in [0.717, 1.165) is 0 Å². The molecule has 4 rings (SSSR count). The maximum absolute atomic E-state index is 14.2. The van der Waals surface area contributed by atoms with Gasteiger partial charge in [0, 0.05) is 29.2 Å². The molecular formula is C18H17FN4O2. The van der Waals surface area contributed by atoms with Crippen molar-refractivity contribution in [2.24, 2.45) is 0 Å². The van der Waals surface area contributed by atoms with E-state index in [1.807, 2.05) is 0 Å². The standard InChI is InChI=1S/C18H17FN4O2/c1-18(25)7-10(8-18)21-17-12-9-20-6-5-11(12)16(22-23-17)15-13(19)3-2-4-14(15)24/h2-6,9-10,24-25H,7-8H2,1H3,(H,21,23)/t10-,18+. The minimum atomic E-state index is -0.655. The molecule has 2 heterocycles. The lowest BCUT2D eigenvalue weighted by atomic mass is 9.77. The van der Waals surface area contributed by atoms with Crippen molar-refractivity contribution >= 4 is 16.6 Å². The fourth-order valence-corrected chi connectivity index (χ4v) is 3.33. The molecule has 128 valence electrons. The molecule has 1 fully saturated rings. The van der Waals surface area contributed by atoms with Crippen LogP contribution in [0.4, 0.5) is 10.2 Å². The number of hydrogen-bond donors (Lipinski definition) is 3. The van der Waals surface area contributed by atoms with E-state index in [-0.39, 0.29) is 23.0 Å². The van der Waals surface area contributed by atoms with Crippen LogP contribution in [-0.2, 0) is 0 Å². The third-order valence-corrected chi connectivity index (χ3v) is 4.52. The van der Waals surface area contributed by atoms with Crippen LogP contribution < -0.4 is 5.32 Å². The maximum atomic E-state index is 14.2. The molecule has 6 nitrogen and oxygen atoms in total. The minimum Gasteiger partial charge on any atom is -0.507 e. The highest BCUT2D eigenvalue weighted by Gasteiger charge is 2.38. The van der Waals surface area contributed by atoms with E-state index in [1.165, 1.54) is 18.2 Å². The van der Waals surface area contributed by atoms with Crippen LogP contribution in [0.25, 0.3) is 22.0 Å². The van der Waals surface area contributed by atoms with Gasteiger partial charge in [0.15, 0.2) is 5.82 Å². The second-order valence-electron chi connectivity index (χ2n) is 6.70. The van der Waals surface area contributed by atoms with Crippen LogP contribution in [-0.4, -0.2) is 37.0 Å². The molecule has 0 atom stereocenters. The molecule has 0 aliphatic heterocycles. The van der Waals surface area contributed by atoms with Crippen molar-refractivity contribution < 1.29 is 14.6 Å². The van der Waals surface area contributed by atoms with E-state index in [0.29, 0.717) is 29.4 Å². The molecule has 0 saturated heterocycles. The fraction of sp³-hybridized carbons (Fsp3) is 0.278.